The van der Waals surface area contributed by atoms with Crippen LogP contribution in [0.25, 0.3) is 0 Å². The molecule has 0 heterocycles. The number of sulfonamides is 1. The fraction of sp³-hybridized carbons (Fsp3) is 0.125. The molecule has 0 saturated carbocycles. The molecule has 0 fully saturated rings. The van der Waals surface area contributed by atoms with E-state index >= 15 is 0 Å². The molecular formula is C16H13FN2O4S. The highest BCUT2D eigenvalue weighted by Gasteiger charge is 2.28. The zero-order chi connectivity index (χ0) is 17.7. The van der Waals surface area contributed by atoms with Gasteiger partial charge in [-0.3, -0.25) is 4.31 Å². The summed E-state index contributed by atoms with van der Waals surface area (Å²) in [4.78, 5) is 10.2. The van der Waals surface area contributed by atoms with Crippen LogP contribution in [0.2, 0.25) is 0 Å². The van der Waals surface area contributed by atoms with E-state index in [4.69, 9.17) is 10.4 Å². The Kier molecular flexibility index (Phi) is 5.16. The molecule has 124 valence electrons. The second-order valence-corrected chi connectivity index (χ2v) is 6.60. The Balaban J connectivity index is 2.52. The largest absolute Gasteiger partial charge is 0.478 e. The molecule has 2 aromatic rings. The minimum atomic E-state index is -4.29. The number of carboxylic acid groups (broad SMARTS) is 1. The molecule has 0 saturated heterocycles. The minimum absolute atomic E-state index is 0.0804. The number of rotatable bonds is 6. The number of hydrogen-bond acceptors (Lipinski definition) is 4. The van der Waals surface area contributed by atoms with Crippen LogP contribution >= 0.6 is 0 Å². The predicted molar refractivity (Wildman–Crippen MR) is 84.6 cm³/mol. The van der Waals surface area contributed by atoms with Crippen LogP contribution in [0, 0.1) is 17.1 Å². The molecule has 0 spiro atoms. The van der Waals surface area contributed by atoms with E-state index in [1.165, 1.54) is 12.1 Å². The molecule has 0 amide bonds. The molecule has 0 atom stereocenters. The molecule has 8 heteroatoms. The van der Waals surface area contributed by atoms with Gasteiger partial charge in [0.1, 0.15) is 10.7 Å². The van der Waals surface area contributed by atoms with E-state index in [0.717, 1.165) is 16.4 Å². The molecule has 2 aromatic carbocycles. The van der Waals surface area contributed by atoms with Gasteiger partial charge in [-0.15, -0.1) is 0 Å². The van der Waals surface area contributed by atoms with Crippen LogP contribution in [0.5, 0.6) is 0 Å². The summed E-state index contributed by atoms with van der Waals surface area (Å²) in [6, 6.07) is 12.4. The number of halogens is 1. The third-order valence-electron chi connectivity index (χ3n) is 3.22. The summed E-state index contributed by atoms with van der Waals surface area (Å²) >= 11 is 0. The Morgan fingerprint density at radius 2 is 1.88 bits per heavy atom. The number of carboxylic acids is 1. The van der Waals surface area contributed by atoms with Crippen molar-refractivity contribution in [1.82, 2.24) is 0 Å². The van der Waals surface area contributed by atoms with Crippen LogP contribution < -0.4 is 4.31 Å². The number of para-hydroxylation sites is 1. The van der Waals surface area contributed by atoms with Crippen molar-refractivity contribution in [3.8, 4) is 6.07 Å². The Morgan fingerprint density at radius 3 is 2.42 bits per heavy atom. The van der Waals surface area contributed by atoms with Crippen molar-refractivity contribution < 1.29 is 22.7 Å². The van der Waals surface area contributed by atoms with Gasteiger partial charge < -0.3 is 5.11 Å². The molecule has 0 unspecified atom stereocenters. The van der Waals surface area contributed by atoms with E-state index in [9.17, 15) is 17.6 Å². The van der Waals surface area contributed by atoms with Crippen molar-refractivity contribution in [2.24, 2.45) is 0 Å². The average molecular weight is 348 g/mol. The van der Waals surface area contributed by atoms with Crippen molar-refractivity contribution in [2.45, 2.75) is 11.3 Å². The van der Waals surface area contributed by atoms with Crippen LogP contribution in [0.15, 0.2) is 53.4 Å². The SMILES string of the molecule is N#CCCN(c1ccccc1)S(=O)(=O)c1ccc(C(=O)O)cc1F. The van der Waals surface area contributed by atoms with Crippen molar-refractivity contribution in [3.05, 3.63) is 59.9 Å². The summed E-state index contributed by atoms with van der Waals surface area (Å²) in [6.07, 6.45) is -0.0804. The van der Waals surface area contributed by atoms with Crippen LogP contribution in [0.4, 0.5) is 10.1 Å². The topological polar surface area (TPSA) is 98.5 Å². The lowest BCUT2D eigenvalue weighted by molar-refractivity contribution is 0.0696. The van der Waals surface area contributed by atoms with Gasteiger partial charge >= 0.3 is 5.97 Å². The van der Waals surface area contributed by atoms with Crippen LogP contribution in [0.3, 0.4) is 0 Å². The van der Waals surface area contributed by atoms with Gasteiger partial charge in [-0.25, -0.2) is 17.6 Å². The first-order chi connectivity index (χ1) is 11.4. The van der Waals surface area contributed by atoms with Gasteiger partial charge in [0, 0.05) is 6.54 Å². The van der Waals surface area contributed by atoms with E-state index in [2.05, 4.69) is 0 Å². The van der Waals surface area contributed by atoms with Gasteiger partial charge in [0.05, 0.1) is 23.7 Å². The normalized spacial score (nSPS) is 10.8. The van der Waals surface area contributed by atoms with Crippen LogP contribution in [-0.4, -0.2) is 26.0 Å². The first kappa shape index (κ1) is 17.4. The summed E-state index contributed by atoms with van der Waals surface area (Å²) in [5.74, 6) is -2.52. The van der Waals surface area contributed by atoms with E-state index in [-0.39, 0.29) is 24.2 Å². The number of benzene rings is 2. The van der Waals surface area contributed by atoms with Crippen LogP contribution in [-0.2, 0) is 10.0 Å². The maximum Gasteiger partial charge on any atom is 0.335 e. The summed E-state index contributed by atoms with van der Waals surface area (Å²) in [5, 5.41) is 17.6. The Hall–Kier alpha value is -2.92. The lowest BCUT2D eigenvalue weighted by Gasteiger charge is -2.23. The second-order valence-electron chi connectivity index (χ2n) is 4.77. The third kappa shape index (κ3) is 3.52. The molecule has 0 radical (unpaired) electrons. The first-order valence-electron chi connectivity index (χ1n) is 6.85. The van der Waals surface area contributed by atoms with E-state index < -0.39 is 26.7 Å². The van der Waals surface area contributed by atoms with Crippen LogP contribution in [0.1, 0.15) is 16.8 Å². The molecule has 0 aliphatic carbocycles. The average Bonchev–Trinajstić information content (AvgIpc) is 2.55. The Labute approximate surface area is 138 Å². The zero-order valence-corrected chi connectivity index (χ0v) is 13.2. The van der Waals surface area contributed by atoms with E-state index in [1.807, 2.05) is 6.07 Å². The zero-order valence-electron chi connectivity index (χ0n) is 12.4. The van der Waals surface area contributed by atoms with E-state index in [0.29, 0.717) is 6.07 Å². The maximum absolute atomic E-state index is 14.2. The van der Waals surface area contributed by atoms with Gasteiger partial charge in [0.25, 0.3) is 10.0 Å². The molecule has 0 aromatic heterocycles. The first-order valence-corrected chi connectivity index (χ1v) is 8.29. The summed E-state index contributed by atoms with van der Waals surface area (Å²) in [7, 11) is -4.29. The molecule has 6 nitrogen and oxygen atoms in total. The highest BCUT2D eigenvalue weighted by atomic mass is 32.2. The molecule has 0 aliphatic heterocycles. The molecule has 0 bridgehead atoms. The van der Waals surface area contributed by atoms with Crippen molar-refractivity contribution >= 4 is 21.7 Å². The van der Waals surface area contributed by atoms with Gasteiger partial charge in [-0.2, -0.15) is 5.26 Å². The number of nitriles is 1. The highest BCUT2D eigenvalue weighted by molar-refractivity contribution is 7.92. The lowest BCUT2D eigenvalue weighted by Crippen LogP contribution is -2.32. The Morgan fingerprint density at radius 1 is 1.21 bits per heavy atom. The number of carbonyl (C=O) groups is 1. The summed E-state index contributed by atoms with van der Waals surface area (Å²) in [5.41, 5.74) is -0.0656. The quantitative estimate of drug-likeness (QED) is 0.865. The maximum atomic E-state index is 14.2. The van der Waals surface area contributed by atoms with Crippen molar-refractivity contribution in [2.75, 3.05) is 10.8 Å². The molecular weight excluding hydrogens is 335 g/mol. The number of aromatic carboxylic acids is 1. The lowest BCUT2D eigenvalue weighted by atomic mass is 10.2. The Bertz CT molecular complexity index is 892. The summed E-state index contributed by atoms with van der Waals surface area (Å²) < 4.78 is 40.6. The van der Waals surface area contributed by atoms with Gasteiger partial charge in [0.15, 0.2) is 0 Å². The molecule has 0 aliphatic rings. The molecule has 1 N–H and O–H groups in total. The van der Waals surface area contributed by atoms with Crippen molar-refractivity contribution in [3.63, 3.8) is 0 Å². The number of hydrogen-bond donors (Lipinski definition) is 1. The fourth-order valence-corrected chi connectivity index (χ4v) is 3.61. The third-order valence-corrected chi connectivity index (χ3v) is 5.08. The smallest absolute Gasteiger partial charge is 0.335 e. The van der Waals surface area contributed by atoms with Crippen molar-refractivity contribution in [1.29, 1.82) is 5.26 Å². The van der Waals surface area contributed by atoms with Gasteiger partial charge in [-0.1, -0.05) is 18.2 Å². The predicted octanol–water partition coefficient (Wildman–Crippen LogP) is 2.63. The van der Waals surface area contributed by atoms with E-state index in [1.54, 1.807) is 18.2 Å². The second kappa shape index (κ2) is 7.10. The highest BCUT2D eigenvalue weighted by Crippen LogP contribution is 2.26. The minimum Gasteiger partial charge on any atom is -0.478 e. The summed E-state index contributed by atoms with van der Waals surface area (Å²) in [6.45, 7) is -0.150. The van der Waals surface area contributed by atoms with Gasteiger partial charge in [-0.05, 0) is 30.3 Å². The number of anilines is 1. The molecule has 24 heavy (non-hydrogen) atoms. The monoisotopic (exact) mass is 348 g/mol. The van der Waals surface area contributed by atoms with Gasteiger partial charge in [0.2, 0.25) is 0 Å². The molecule has 2 rings (SSSR count). The standard InChI is InChI=1S/C16H13FN2O4S/c17-14-11-12(16(20)21)7-8-15(14)24(22,23)19(10-4-9-18)13-5-2-1-3-6-13/h1-3,5-8,11H,4,10H2,(H,20,21). The number of nitrogens with zero attached hydrogens (tertiary/aromatic N) is 2. The fourth-order valence-electron chi connectivity index (χ4n) is 2.10.